The van der Waals surface area contributed by atoms with Crippen LogP contribution in [0.5, 0.6) is 5.75 Å². The molecule has 1 unspecified atom stereocenters. The Morgan fingerprint density at radius 2 is 2.10 bits per heavy atom. The maximum atomic E-state index is 12.3. The van der Waals surface area contributed by atoms with Crippen LogP contribution in [0.15, 0.2) is 40.7 Å². The van der Waals surface area contributed by atoms with E-state index in [2.05, 4.69) is 20.8 Å². The predicted molar refractivity (Wildman–Crippen MR) is 108 cm³/mol. The highest BCUT2D eigenvalue weighted by atomic mass is 32.2. The van der Waals surface area contributed by atoms with Gasteiger partial charge in [0.25, 0.3) is 0 Å². The quantitative estimate of drug-likeness (QED) is 0.348. The summed E-state index contributed by atoms with van der Waals surface area (Å²) < 4.78 is 11.8. The third-order valence-electron chi connectivity index (χ3n) is 4.22. The van der Waals surface area contributed by atoms with Gasteiger partial charge in [-0.3, -0.25) is 0 Å². The predicted octanol–water partition coefficient (Wildman–Crippen LogP) is 1.28. The lowest BCUT2D eigenvalue weighted by Crippen LogP contribution is -2.49. The van der Waals surface area contributed by atoms with Gasteiger partial charge in [-0.2, -0.15) is 0 Å². The zero-order valence-electron chi connectivity index (χ0n) is 16.3. The molecule has 1 aromatic carbocycles. The van der Waals surface area contributed by atoms with Crippen LogP contribution in [0.3, 0.4) is 0 Å². The molecular weight excluding hydrogens is 396 g/mol. The fourth-order valence-corrected chi connectivity index (χ4v) is 3.74. The number of hydrogen-bond donors (Lipinski definition) is 3. The highest BCUT2D eigenvalue weighted by molar-refractivity contribution is 7.99. The number of nitrogens with zero attached hydrogens (tertiary/aromatic N) is 3. The van der Waals surface area contributed by atoms with E-state index < -0.39 is 12.0 Å². The van der Waals surface area contributed by atoms with Crippen molar-refractivity contribution in [3.63, 3.8) is 0 Å². The van der Waals surface area contributed by atoms with Gasteiger partial charge in [-0.1, -0.05) is 23.9 Å². The number of ether oxygens (including phenoxy) is 2. The monoisotopic (exact) mass is 418 g/mol. The summed E-state index contributed by atoms with van der Waals surface area (Å²) in [5, 5.41) is 14.0. The number of carbonyl (C=O) groups is 2. The average Bonchev–Trinajstić information content (AvgIpc) is 3.06. The van der Waals surface area contributed by atoms with Crippen molar-refractivity contribution in [2.24, 2.45) is 0 Å². The molecule has 2 amide bonds. The zero-order chi connectivity index (χ0) is 21.0. The minimum atomic E-state index is -0.480. The SMILES string of the molecule is CCOC(=O)C1=C(CSc2nnc(-c3ccccc3OC)n2N)NC(=O)NC1C. The van der Waals surface area contributed by atoms with Crippen molar-refractivity contribution in [2.75, 3.05) is 25.3 Å². The van der Waals surface area contributed by atoms with E-state index in [1.807, 2.05) is 18.2 Å². The first-order valence-electron chi connectivity index (χ1n) is 8.90. The number of nitrogens with one attached hydrogen (secondary N) is 2. The summed E-state index contributed by atoms with van der Waals surface area (Å²) in [6.45, 7) is 3.69. The van der Waals surface area contributed by atoms with E-state index in [4.69, 9.17) is 15.3 Å². The van der Waals surface area contributed by atoms with Crippen LogP contribution in [0, 0.1) is 0 Å². The van der Waals surface area contributed by atoms with Crippen LogP contribution in [-0.2, 0) is 9.53 Å². The number of esters is 1. The standard InChI is InChI=1S/C18H22N6O4S/c1-4-28-16(25)14-10(2)20-17(26)21-12(14)9-29-18-23-22-15(24(18)19)11-7-5-6-8-13(11)27-3/h5-8,10H,4,9,19H2,1-3H3,(H2,20,21,26). The van der Waals surface area contributed by atoms with E-state index in [0.717, 1.165) is 0 Å². The van der Waals surface area contributed by atoms with Crippen LogP contribution in [0.4, 0.5) is 4.79 Å². The van der Waals surface area contributed by atoms with Gasteiger partial charge in [0.1, 0.15) is 5.75 Å². The van der Waals surface area contributed by atoms with Crippen LogP contribution in [0.1, 0.15) is 13.8 Å². The van der Waals surface area contributed by atoms with E-state index in [0.29, 0.717) is 33.6 Å². The van der Waals surface area contributed by atoms with Crippen LogP contribution in [-0.4, -0.2) is 52.4 Å². The molecule has 0 radical (unpaired) electrons. The van der Waals surface area contributed by atoms with Gasteiger partial charge in [0.2, 0.25) is 5.16 Å². The molecule has 2 aromatic rings. The normalized spacial score (nSPS) is 16.2. The molecule has 11 heteroatoms. The molecule has 0 aliphatic carbocycles. The van der Waals surface area contributed by atoms with Gasteiger partial charge in [-0.15, -0.1) is 10.2 Å². The molecule has 154 valence electrons. The third kappa shape index (κ3) is 4.29. The molecule has 1 atom stereocenters. The van der Waals surface area contributed by atoms with E-state index in [-0.39, 0.29) is 18.4 Å². The number of nitrogen functional groups attached to an aromatic ring is 1. The summed E-state index contributed by atoms with van der Waals surface area (Å²) in [5.41, 5.74) is 1.52. The van der Waals surface area contributed by atoms with Crippen LogP contribution in [0.2, 0.25) is 0 Å². The second-order valence-corrected chi connectivity index (χ2v) is 7.04. The summed E-state index contributed by atoms with van der Waals surface area (Å²) in [4.78, 5) is 24.2. The van der Waals surface area contributed by atoms with Crippen molar-refractivity contribution >= 4 is 23.8 Å². The minimum Gasteiger partial charge on any atom is -0.496 e. The second kappa shape index (κ2) is 8.86. The number of methoxy groups -OCH3 is 1. The Balaban J connectivity index is 1.85. The highest BCUT2D eigenvalue weighted by Crippen LogP contribution is 2.30. The Labute approximate surface area is 171 Å². The van der Waals surface area contributed by atoms with Crippen LogP contribution < -0.4 is 21.2 Å². The summed E-state index contributed by atoms with van der Waals surface area (Å²) >= 11 is 1.24. The van der Waals surface area contributed by atoms with Gasteiger partial charge in [0, 0.05) is 11.4 Å². The number of benzene rings is 1. The van der Waals surface area contributed by atoms with Gasteiger partial charge < -0.3 is 25.9 Å². The van der Waals surface area contributed by atoms with Gasteiger partial charge in [-0.05, 0) is 26.0 Å². The third-order valence-corrected chi connectivity index (χ3v) is 5.19. The van der Waals surface area contributed by atoms with Gasteiger partial charge in [0.05, 0.1) is 30.9 Å². The van der Waals surface area contributed by atoms with Gasteiger partial charge in [-0.25, -0.2) is 14.3 Å². The lowest BCUT2D eigenvalue weighted by Gasteiger charge is -2.26. The molecule has 0 bridgehead atoms. The molecular formula is C18H22N6O4S. The molecule has 0 fully saturated rings. The van der Waals surface area contributed by atoms with Crippen molar-refractivity contribution < 1.29 is 19.1 Å². The first-order valence-corrected chi connectivity index (χ1v) is 9.89. The minimum absolute atomic E-state index is 0.239. The molecule has 0 saturated carbocycles. The number of hydrogen-bond acceptors (Lipinski definition) is 8. The number of thioether (sulfide) groups is 1. The lowest BCUT2D eigenvalue weighted by atomic mass is 10.1. The number of urea groups is 1. The van der Waals surface area contributed by atoms with Crippen LogP contribution in [0.25, 0.3) is 11.4 Å². The van der Waals surface area contributed by atoms with E-state index in [1.54, 1.807) is 27.0 Å². The van der Waals surface area contributed by atoms with Crippen LogP contribution >= 0.6 is 11.8 Å². The van der Waals surface area contributed by atoms with E-state index in [9.17, 15) is 9.59 Å². The summed E-state index contributed by atoms with van der Waals surface area (Å²) in [6.07, 6.45) is 0. The summed E-state index contributed by atoms with van der Waals surface area (Å²) in [5.74, 6) is 7.01. The summed E-state index contributed by atoms with van der Waals surface area (Å²) in [6, 6.07) is 6.47. The number of para-hydroxylation sites is 1. The number of nitrogens with two attached hydrogens (primary N) is 1. The molecule has 4 N–H and O–H groups in total. The molecule has 3 rings (SSSR count). The van der Waals surface area contributed by atoms with Gasteiger partial charge >= 0.3 is 12.0 Å². The number of aromatic nitrogens is 3. The first kappa shape index (κ1) is 20.5. The molecule has 1 aliphatic rings. The Hall–Kier alpha value is -3.21. The fraction of sp³-hybridized carbons (Fsp3) is 0.333. The second-order valence-electron chi connectivity index (χ2n) is 6.10. The maximum Gasteiger partial charge on any atom is 0.337 e. The molecule has 1 aromatic heterocycles. The van der Waals surface area contributed by atoms with Crippen molar-refractivity contribution in [3.05, 3.63) is 35.5 Å². The van der Waals surface area contributed by atoms with Crippen molar-refractivity contribution in [2.45, 2.75) is 25.0 Å². The van der Waals surface area contributed by atoms with E-state index in [1.165, 1.54) is 16.4 Å². The Morgan fingerprint density at radius 3 is 2.83 bits per heavy atom. The first-order chi connectivity index (χ1) is 14.0. The van der Waals surface area contributed by atoms with Crippen molar-refractivity contribution in [1.82, 2.24) is 25.5 Å². The zero-order valence-corrected chi connectivity index (χ0v) is 17.1. The van der Waals surface area contributed by atoms with E-state index >= 15 is 0 Å². The Kier molecular flexibility index (Phi) is 6.27. The molecule has 0 spiro atoms. The molecule has 10 nitrogen and oxygen atoms in total. The van der Waals surface area contributed by atoms with Crippen molar-refractivity contribution in [3.8, 4) is 17.1 Å². The number of rotatable bonds is 7. The van der Waals surface area contributed by atoms with Gasteiger partial charge in [0.15, 0.2) is 5.82 Å². The number of amides is 2. The smallest absolute Gasteiger partial charge is 0.337 e. The highest BCUT2D eigenvalue weighted by Gasteiger charge is 2.30. The fourth-order valence-electron chi connectivity index (χ4n) is 2.92. The average molecular weight is 418 g/mol. The largest absolute Gasteiger partial charge is 0.496 e. The maximum absolute atomic E-state index is 12.3. The Bertz CT molecular complexity index is 958. The molecule has 29 heavy (non-hydrogen) atoms. The molecule has 0 saturated heterocycles. The summed E-state index contributed by atoms with van der Waals surface area (Å²) in [7, 11) is 1.57. The lowest BCUT2D eigenvalue weighted by molar-refractivity contribution is -0.138. The topological polar surface area (TPSA) is 133 Å². The van der Waals surface area contributed by atoms with Crippen molar-refractivity contribution in [1.29, 1.82) is 0 Å². The molecule has 2 heterocycles. The Morgan fingerprint density at radius 1 is 1.34 bits per heavy atom. The molecule has 1 aliphatic heterocycles. The number of carbonyl (C=O) groups excluding carboxylic acids is 2.